The molecule has 0 saturated carbocycles. The SMILES string of the molecule is CC(Cl)c1nc2cc(Br)ccc2n1CCC1CCCCO1. The number of fused-ring (bicyclic) bond motifs is 1. The number of nitrogens with zero attached hydrogens (tertiary/aromatic N) is 2. The number of aromatic nitrogens is 2. The fraction of sp³-hybridized carbons (Fsp3) is 0.562. The van der Waals surface area contributed by atoms with Crippen LogP contribution in [0.4, 0.5) is 0 Å². The topological polar surface area (TPSA) is 27.1 Å². The lowest BCUT2D eigenvalue weighted by atomic mass is 10.1. The highest BCUT2D eigenvalue weighted by molar-refractivity contribution is 9.10. The summed E-state index contributed by atoms with van der Waals surface area (Å²) in [7, 11) is 0. The molecule has 0 aliphatic carbocycles. The van der Waals surface area contributed by atoms with Crippen LogP contribution < -0.4 is 0 Å². The third kappa shape index (κ3) is 3.43. The molecule has 1 fully saturated rings. The lowest BCUT2D eigenvalue weighted by Crippen LogP contribution is -2.21. The van der Waals surface area contributed by atoms with Gasteiger partial charge in [0.05, 0.1) is 22.5 Å². The van der Waals surface area contributed by atoms with E-state index in [1.165, 1.54) is 19.3 Å². The Morgan fingerprint density at radius 2 is 2.33 bits per heavy atom. The van der Waals surface area contributed by atoms with E-state index in [1.54, 1.807) is 0 Å². The average Bonchev–Trinajstić information content (AvgIpc) is 2.84. The first-order valence-electron chi connectivity index (χ1n) is 7.56. The summed E-state index contributed by atoms with van der Waals surface area (Å²) < 4.78 is 9.13. The van der Waals surface area contributed by atoms with E-state index in [9.17, 15) is 0 Å². The van der Waals surface area contributed by atoms with E-state index in [-0.39, 0.29) is 5.38 Å². The Labute approximate surface area is 138 Å². The van der Waals surface area contributed by atoms with Gasteiger partial charge in [0.15, 0.2) is 0 Å². The van der Waals surface area contributed by atoms with Crippen molar-refractivity contribution >= 4 is 38.6 Å². The minimum absolute atomic E-state index is 0.0940. The number of halogens is 2. The van der Waals surface area contributed by atoms with E-state index >= 15 is 0 Å². The number of benzene rings is 1. The largest absolute Gasteiger partial charge is 0.378 e. The van der Waals surface area contributed by atoms with Crippen LogP contribution in [0.3, 0.4) is 0 Å². The van der Waals surface area contributed by atoms with Crippen molar-refractivity contribution < 1.29 is 4.74 Å². The maximum atomic E-state index is 6.31. The Kier molecular flexibility index (Phi) is 4.87. The molecule has 1 aromatic carbocycles. The molecule has 3 nitrogen and oxygen atoms in total. The molecule has 21 heavy (non-hydrogen) atoms. The molecule has 1 saturated heterocycles. The molecule has 1 aliphatic rings. The van der Waals surface area contributed by atoms with Gasteiger partial charge in [-0.15, -0.1) is 11.6 Å². The van der Waals surface area contributed by atoms with Crippen molar-refractivity contribution in [1.29, 1.82) is 0 Å². The van der Waals surface area contributed by atoms with Gasteiger partial charge in [-0.3, -0.25) is 0 Å². The number of rotatable bonds is 4. The summed E-state index contributed by atoms with van der Waals surface area (Å²) in [5, 5.41) is -0.0940. The molecule has 3 rings (SSSR count). The van der Waals surface area contributed by atoms with Gasteiger partial charge in [0.25, 0.3) is 0 Å². The van der Waals surface area contributed by atoms with Crippen LogP contribution in [0.2, 0.25) is 0 Å². The molecule has 0 bridgehead atoms. The summed E-state index contributed by atoms with van der Waals surface area (Å²) in [6.45, 7) is 3.79. The van der Waals surface area contributed by atoms with Crippen LogP contribution in [0.25, 0.3) is 11.0 Å². The Morgan fingerprint density at radius 1 is 1.48 bits per heavy atom. The molecule has 0 amide bonds. The highest BCUT2D eigenvalue weighted by Crippen LogP contribution is 2.27. The van der Waals surface area contributed by atoms with E-state index in [0.29, 0.717) is 6.10 Å². The normalized spacial score (nSPS) is 20.8. The molecule has 0 spiro atoms. The van der Waals surface area contributed by atoms with Crippen molar-refractivity contribution in [3.05, 3.63) is 28.5 Å². The fourth-order valence-electron chi connectivity index (χ4n) is 2.97. The molecular weight excluding hydrogens is 352 g/mol. The van der Waals surface area contributed by atoms with Crippen LogP contribution in [0.15, 0.2) is 22.7 Å². The van der Waals surface area contributed by atoms with Gasteiger partial charge in [0.2, 0.25) is 0 Å². The van der Waals surface area contributed by atoms with Crippen LogP contribution >= 0.6 is 27.5 Å². The van der Waals surface area contributed by atoms with Crippen LogP contribution in [0.5, 0.6) is 0 Å². The number of hydrogen-bond acceptors (Lipinski definition) is 2. The number of hydrogen-bond donors (Lipinski definition) is 0. The van der Waals surface area contributed by atoms with Gasteiger partial charge >= 0.3 is 0 Å². The van der Waals surface area contributed by atoms with Gasteiger partial charge in [0.1, 0.15) is 5.82 Å². The maximum absolute atomic E-state index is 6.31. The number of imidazole rings is 1. The maximum Gasteiger partial charge on any atom is 0.127 e. The van der Waals surface area contributed by atoms with Crippen LogP contribution in [0.1, 0.15) is 43.8 Å². The number of ether oxygens (including phenoxy) is 1. The number of alkyl halides is 1. The first-order valence-corrected chi connectivity index (χ1v) is 8.79. The van der Waals surface area contributed by atoms with Crippen molar-refractivity contribution in [3.63, 3.8) is 0 Å². The Morgan fingerprint density at radius 3 is 3.05 bits per heavy atom. The van der Waals surface area contributed by atoms with Crippen molar-refractivity contribution in [2.24, 2.45) is 0 Å². The molecule has 0 radical (unpaired) electrons. The Bertz CT molecular complexity index is 620. The predicted molar refractivity (Wildman–Crippen MR) is 89.9 cm³/mol. The minimum atomic E-state index is -0.0940. The zero-order valence-electron chi connectivity index (χ0n) is 12.2. The minimum Gasteiger partial charge on any atom is -0.378 e. The fourth-order valence-corrected chi connectivity index (χ4v) is 3.48. The molecule has 2 heterocycles. The molecule has 1 aliphatic heterocycles. The van der Waals surface area contributed by atoms with Gasteiger partial charge in [-0.25, -0.2) is 4.98 Å². The van der Waals surface area contributed by atoms with Crippen LogP contribution in [-0.4, -0.2) is 22.3 Å². The second kappa shape index (κ2) is 6.67. The van der Waals surface area contributed by atoms with Gasteiger partial charge in [-0.2, -0.15) is 0 Å². The van der Waals surface area contributed by atoms with E-state index < -0.39 is 0 Å². The summed E-state index contributed by atoms with van der Waals surface area (Å²) >= 11 is 9.82. The van der Waals surface area contributed by atoms with Crippen LogP contribution in [0, 0.1) is 0 Å². The smallest absolute Gasteiger partial charge is 0.127 e. The second-order valence-corrected chi connectivity index (χ2v) is 7.22. The monoisotopic (exact) mass is 370 g/mol. The summed E-state index contributed by atoms with van der Waals surface area (Å²) in [6.07, 6.45) is 5.05. The average molecular weight is 372 g/mol. The van der Waals surface area contributed by atoms with Gasteiger partial charge < -0.3 is 9.30 Å². The summed E-state index contributed by atoms with van der Waals surface area (Å²) in [5.41, 5.74) is 2.15. The van der Waals surface area contributed by atoms with Gasteiger partial charge in [0, 0.05) is 17.6 Å². The molecule has 1 aromatic heterocycles. The van der Waals surface area contributed by atoms with E-state index in [2.05, 4.69) is 32.6 Å². The molecule has 5 heteroatoms. The second-order valence-electron chi connectivity index (χ2n) is 5.65. The summed E-state index contributed by atoms with van der Waals surface area (Å²) in [4.78, 5) is 4.70. The third-order valence-corrected chi connectivity index (χ3v) is 4.73. The third-order valence-electron chi connectivity index (χ3n) is 4.04. The lowest BCUT2D eigenvalue weighted by Gasteiger charge is -2.23. The van der Waals surface area contributed by atoms with Crippen LogP contribution in [-0.2, 0) is 11.3 Å². The number of aryl methyl sites for hydroxylation is 1. The molecule has 114 valence electrons. The summed E-state index contributed by atoms with van der Waals surface area (Å²) in [6, 6.07) is 6.21. The molecule has 2 aromatic rings. The standard InChI is InChI=1S/C16H20BrClN2O/c1-11(18)16-19-14-10-12(17)5-6-15(14)20(16)8-7-13-4-2-3-9-21-13/h5-6,10-11,13H,2-4,7-9H2,1H3. The van der Waals surface area contributed by atoms with Gasteiger partial charge in [-0.05, 0) is 50.8 Å². The van der Waals surface area contributed by atoms with Crippen molar-refractivity contribution in [2.45, 2.75) is 50.6 Å². The van der Waals surface area contributed by atoms with E-state index in [0.717, 1.165) is 40.9 Å². The highest BCUT2D eigenvalue weighted by Gasteiger charge is 2.18. The highest BCUT2D eigenvalue weighted by atomic mass is 79.9. The van der Waals surface area contributed by atoms with Gasteiger partial charge in [-0.1, -0.05) is 15.9 Å². The first kappa shape index (κ1) is 15.3. The van der Waals surface area contributed by atoms with E-state index in [1.807, 2.05) is 13.0 Å². The molecular formula is C16H20BrClN2O. The Hall–Kier alpha value is -0.580. The lowest BCUT2D eigenvalue weighted by molar-refractivity contribution is 0.00886. The molecule has 0 N–H and O–H groups in total. The van der Waals surface area contributed by atoms with Crippen molar-refractivity contribution in [1.82, 2.24) is 9.55 Å². The Balaban J connectivity index is 1.86. The van der Waals surface area contributed by atoms with E-state index in [4.69, 9.17) is 21.3 Å². The predicted octanol–water partition coefficient (Wildman–Crippen LogP) is 5.06. The zero-order chi connectivity index (χ0) is 14.8. The summed E-state index contributed by atoms with van der Waals surface area (Å²) in [5.74, 6) is 0.945. The van der Waals surface area contributed by atoms with Crippen molar-refractivity contribution in [3.8, 4) is 0 Å². The first-order chi connectivity index (χ1) is 10.1. The quantitative estimate of drug-likeness (QED) is 0.703. The van der Waals surface area contributed by atoms with Crippen molar-refractivity contribution in [2.75, 3.05) is 6.61 Å². The zero-order valence-corrected chi connectivity index (χ0v) is 14.5. The molecule has 2 unspecified atom stereocenters. The molecule has 2 atom stereocenters.